The molecular formula is C34H62O2. The second kappa shape index (κ2) is 17.9. The summed E-state index contributed by atoms with van der Waals surface area (Å²) in [4.78, 5) is 12.4. The Morgan fingerprint density at radius 3 is 1.75 bits per heavy atom. The second-order valence-electron chi connectivity index (χ2n) is 13.2. The Kier molecular flexibility index (Phi) is 14.9. The van der Waals surface area contributed by atoms with Crippen LogP contribution in [0.4, 0.5) is 0 Å². The van der Waals surface area contributed by atoms with Crippen LogP contribution in [0.2, 0.25) is 0 Å². The summed E-state index contributed by atoms with van der Waals surface area (Å²) < 4.78 is 5.99. The number of carbonyl (C=O) groups is 1. The normalized spacial score (nSPS) is 29.9. The molecule has 0 aromatic rings. The van der Waals surface area contributed by atoms with Gasteiger partial charge in [-0.15, -0.1) is 0 Å². The molecule has 3 aliphatic carbocycles. The molecule has 3 saturated carbocycles. The van der Waals surface area contributed by atoms with Crippen LogP contribution in [-0.4, -0.2) is 12.1 Å². The topological polar surface area (TPSA) is 26.3 Å². The van der Waals surface area contributed by atoms with Crippen LogP contribution in [0.25, 0.3) is 0 Å². The van der Waals surface area contributed by atoms with Gasteiger partial charge in [0, 0.05) is 6.42 Å². The Morgan fingerprint density at radius 1 is 0.583 bits per heavy atom. The van der Waals surface area contributed by atoms with E-state index in [0.717, 1.165) is 42.4 Å². The molecule has 0 N–H and O–H groups in total. The van der Waals surface area contributed by atoms with E-state index in [4.69, 9.17) is 4.74 Å². The lowest BCUT2D eigenvalue weighted by molar-refractivity contribution is -0.153. The summed E-state index contributed by atoms with van der Waals surface area (Å²) in [5.74, 6) is 4.87. The van der Waals surface area contributed by atoms with Crippen LogP contribution < -0.4 is 0 Å². The first-order chi connectivity index (χ1) is 17.7. The van der Waals surface area contributed by atoms with Crippen LogP contribution in [0.5, 0.6) is 0 Å². The number of hydrogen-bond donors (Lipinski definition) is 0. The first-order valence-corrected chi connectivity index (χ1v) is 16.9. The number of ether oxygens (including phenoxy) is 1. The molecule has 3 rings (SSSR count). The van der Waals surface area contributed by atoms with Gasteiger partial charge in [0.15, 0.2) is 0 Å². The number of rotatable bonds is 18. The standard InChI is InChI=1S/C34H62O2/c1-3-5-7-9-11-13-14-16-18-28-20-24-32-29(26-28)21-22-30-27-31(23-25-33(30)32)36-34(35)19-17-15-12-10-8-6-4-2/h28-33H,3-27H2,1-2H3. The maximum absolute atomic E-state index is 12.4. The Labute approximate surface area is 225 Å². The van der Waals surface area contributed by atoms with E-state index in [-0.39, 0.29) is 12.1 Å². The number of carbonyl (C=O) groups excluding carboxylic acids is 1. The van der Waals surface area contributed by atoms with Crippen molar-refractivity contribution in [3.05, 3.63) is 0 Å². The lowest BCUT2D eigenvalue weighted by Crippen LogP contribution is -2.43. The van der Waals surface area contributed by atoms with Gasteiger partial charge in [0.2, 0.25) is 0 Å². The predicted molar refractivity (Wildman–Crippen MR) is 154 cm³/mol. The third-order valence-corrected chi connectivity index (χ3v) is 10.3. The Hall–Kier alpha value is -0.530. The van der Waals surface area contributed by atoms with E-state index in [2.05, 4.69) is 13.8 Å². The third-order valence-electron chi connectivity index (χ3n) is 10.3. The fourth-order valence-electron chi connectivity index (χ4n) is 8.26. The maximum atomic E-state index is 12.4. The van der Waals surface area contributed by atoms with Gasteiger partial charge >= 0.3 is 5.97 Å². The highest BCUT2D eigenvalue weighted by Crippen LogP contribution is 2.53. The average molecular weight is 503 g/mol. The zero-order valence-corrected chi connectivity index (χ0v) is 24.5. The highest BCUT2D eigenvalue weighted by atomic mass is 16.5. The van der Waals surface area contributed by atoms with Gasteiger partial charge < -0.3 is 4.74 Å². The first-order valence-electron chi connectivity index (χ1n) is 16.9. The molecule has 2 heteroatoms. The van der Waals surface area contributed by atoms with Crippen LogP contribution in [0.3, 0.4) is 0 Å². The highest BCUT2D eigenvalue weighted by molar-refractivity contribution is 5.69. The summed E-state index contributed by atoms with van der Waals surface area (Å²) in [5.41, 5.74) is 0. The van der Waals surface area contributed by atoms with Crippen LogP contribution >= 0.6 is 0 Å². The van der Waals surface area contributed by atoms with Crippen LogP contribution in [0.1, 0.15) is 174 Å². The van der Waals surface area contributed by atoms with E-state index in [9.17, 15) is 4.79 Å². The van der Waals surface area contributed by atoms with Crippen molar-refractivity contribution in [1.82, 2.24) is 0 Å². The van der Waals surface area contributed by atoms with E-state index >= 15 is 0 Å². The molecule has 0 aromatic heterocycles. The average Bonchev–Trinajstić information content (AvgIpc) is 2.89. The number of fused-ring (bicyclic) bond motifs is 3. The molecule has 0 heterocycles. The molecule has 3 fully saturated rings. The third kappa shape index (κ3) is 10.7. The summed E-state index contributed by atoms with van der Waals surface area (Å²) in [6.45, 7) is 4.57. The molecule has 0 radical (unpaired) electrons. The van der Waals surface area contributed by atoms with Crippen molar-refractivity contribution in [2.45, 2.75) is 180 Å². The molecule has 6 atom stereocenters. The maximum Gasteiger partial charge on any atom is 0.306 e. The van der Waals surface area contributed by atoms with Crippen molar-refractivity contribution in [3.63, 3.8) is 0 Å². The largest absolute Gasteiger partial charge is 0.462 e. The minimum absolute atomic E-state index is 0.0853. The lowest BCUT2D eigenvalue weighted by Gasteiger charge is -2.50. The molecule has 0 saturated heterocycles. The zero-order valence-electron chi connectivity index (χ0n) is 24.5. The van der Waals surface area contributed by atoms with E-state index in [1.54, 1.807) is 0 Å². The molecular weight excluding hydrogens is 440 g/mol. The first kappa shape index (κ1) is 30.0. The molecule has 0 aliphatic heterocycles. The fourth-order valence-corrected chi connectivity index (χ4v) is 8.26. The Balaban J connectivity index is 1.26. The van der Waals surface area contributed by atoms with Crippen molar-refractivity contribution >= 4 is 5.97 Å². The summed E-state index contributed by atoms with van der Waals surface area (Å²) in [5, 5.41) is 0. The summed E-state index contributed by atoms with van der Waals surface area (Å²) in [6.07, 6.45) is 33.8. The van der Waals surface area contributed by atoms with Crippen LogP contribution in [-0.2, 0) is 9.53 Å². The minimum Gasteiger partial charge on any atom is -0.462 e. The van der Waals surface area contributed by atoms with Gasteiger partial charge in [0.1, 0.15) is 6.10 Å². The quantitative estimate of drug-likeness (QED) is 0.138. The van der Waals surface area contributed by atoms with E-state index in [1.807, 2.05) is 0 Å². The van der Waals surface area contributed by atoms with Crippen molar-refractivity contribution in [1.29, 1.82) is 0 Å². The van der Waals surface area contributed by atoms with Crippen LogP contribution in [0, 0.1) is 29.6 Å². The van der Waals surface area contributed by atoms with E-state index in [0.29, 0.717) is 6.42 Å². The predicted octanol–water partition coefficient (Wildman–Crippen LogP) is 10.8. The van der Waals surface area contributed by atoms with Crippen molar-refractivity contribution in [2.75, 3.05) is 0 Å². The van der Waals surface area contributed by atoms with Crippen molar-refractivity contribution < 1.29 is 9.53 Å². The molecule has 3 aliphatic rings. The van der Waals surface area contributed by atoms with E-state index < -0.39 is 0 Å². The van der Waals surface area contributed by atoms with Gasteiger partial charge in [0.05, 0.1) is 0 Å². The van der Waals surface area contributed by atoms with E-state index in [1.165, 1.54) is 141 Å². The smallest absolute Gasteiger partial charge is 0.306 e. The molecule has 0 aromatic carbocycles. The van der Waals surface area contributed by atoms with Gasteiger partial charge in [-0.3, -0.25) is 4.79 Å². The molecule has 210 valence electrons. The zero-order chi connectivity index (χ0) is 25.4. The van der Waals surface area contributed by atoms with Crippen molar-refractivity contribution in [3.8, 4) is 0 Å². The minimum atomic E-state index is 0.0853. The fraction of sp³-hybridized carbons (Fsp3) is 0.971. The number of unbranched alkanes of at least 4 members (excludes halogenated alkanes) is 13. The summed E-state index contributed by atoms with van der Waals surface area (Å²) in [6, 6.07) is 0. The molecule has 0 spiro atoms. The Morgan fingerprint density at radius 2 is 1.11 bits per heavy atom. The van der Waals surface area contributed by atoms with Gasteiger partial charge in [-0.05, 0) is 81.0 Å². The molecule has 36 heavy (non-hydrogen) atoms. The van der Waals surface area contributed by atoms with Gasteiger partial charge in [-0.25, -0.2) is 0 Å². The summed E-state index contributed by atoms with van der Waals surface area (Å²) in [7, 11) is 0. The SMILES string of the molecule is CCCCCCCCCCC1CCC2C(CCC3CC(OC(=O)CCCCCCCCC)CCC32)C1. The summed E-state index contributed by atoms with van der Waals surface area (Å²) >= 11 is 0. The lowest BCUT2D eigenvalue weighted by atomic mass is 9.56. The number of hydrogen-bond acceptors (Lipinski definition) is 2. The van der Waals surface area contributed by atoms with Gasteiger partial charge in [-0.1, -0.05) is 117 Å². The molecule has 0 amide bonds. The molecule has 2 nitrogen and oxygen atoms in total. The Bertz CT molecular complexity index is 572. The molecule has 6 unspecified atom stereocenters. The number of esters is 1. The second-order valence-corrected chi connectivity index (χ2v) is 13.2. The van der Waals surface area contributed by atoms with Gasteiger partial charge in [0.25, 0.3) is 0 Å². The van der Waals surface area contributed by atoms with Crippen LogP contribution in [0.15, 0.2) is 0 Å². The van der Waals surface area contributed by atoms with Gasteiger partial charge in [-0.2, -0.15) is 0 Å². The highest BCUT2D eigenvalue weighted by Gasteiger charge is 2.45. The van der Waals surface area contributed by atoms with Crippen molar-refractivity contribution in [2.24, 2.45) is 29.6 Å². The monoisotopic (exact) mass is 502 g/mol. The molecule has 0 bridgehead atoms.